The number of amides is 2. The highest BCUT2D eigenvalue weighted by Gasteiger charge is 2.27. The molecule has 0 radical (unpaired) electrons. The van der Waals surface area contributed by atoms with E-state index in [9.17, 15) is 9.59 Å². The zero-order chi connectivity index (χ0) is 17.5. The molecule has 6 nitrogen and oxygen atoms in total. The molecule has 2 saturated heterocycles. The summed E-state index contributed by atoms with van der Waals surface area (Å²) in [4.78, 5) is 33.2. The molecule has 6 heteroatoms. The van der Waals surface area contributed by atoms with Crippen molar-refractivity contribution in [1.29, 1.82) is 0 Å². The number of hydrogen-bond donors (Lipinski definition) is 0. The van der Waals surface area contributed by atoms with Crippen LogP contribution in [0.3, 0.4) is 0 Å². The molecular weight excluding hydrogens is 304 g/mol. The van der Waals surface area contributed by atoms with Gasteiger partial charge in [-0.15, -0.1) is 0 Å². The summed E-state index contributed by atoms with van der Waals surface area (Å²) < 4.78 is 0. The summed E-state index contributed by atoms with van der Waals surface area (Å²) in [6, 6.07) is 0.378. The maximum absolute atomic E-state index is 12.5. The van der Waals surface area contributed by atoms with Crippen LogP contribution in [-0.4, -0.2) is 96.4 Å². The molecule has 1 atom stereocenters. The number of likely N-dealkylation sites (tertiary alicyclic amines) is 1. The molecule has 2 amide bonds. The van der Waals surface area contributed by atoms with Crippen molar-refractivity contribution < 1.29 is 9.59 Å². The Labute approximate surface area is 146 Å². The maximum Gasteiger partial charge on any atom is 0.236 e. The van der Waals surface area contributed by atoms with Gasteiger partial charge in [-0.1, -0.05) is 13.8 Å². The van der Waals surface area contributed by atoms with E-state index in [1.54, 1.807) is 0 Å². The molecule has 2 heterocycles. The molecule has 2 rings (SSSR count). The molecule has 0 aliphatic carbocycles. The van der Waals surface area contributed by atoms with Crippen molar-refractivity contribution in [2.45, 2.75) is 46.1 Å². The summed E-state index contributed by atoms with van der Waals surface area (Å²) in [5, 5.41) is 0. The second-order valence-electron chi connectivity index (χ2n) is 7.05. The van der Waals surface area contributed by atoms with E-state index >= 15 is 0 Å². The molecule has 138 valence electrons. The Morgan fingerprint density at radius 2 is 1.62 bits per heavy atom. The second kappa shape index (κ2) is 9.37. The van der Waals surface area contributed by atoms with Crippen molar-refractivity contribution in [3.63, 3.8) is 0 Å². The summed E-state index contributed by atoms with van der Waals surface area (Å²) in [6.45, 7) is 13.1. The first kappa shape index (κ1) is 19.2. The SMILES string of the molecule is CCN(CC)CC(=O)N1CCN(CC(=O)N2CCCCC2C)CC1. The van der Waals surface area contributed by atoms with E-state index in [1.165, 1.54) is 6.42 Å². The Morgan fingerprint density at radius 1 is 0.958 bits per heavy atom. The maximum atomic E-state index is 12.5. The van der Waals surface area contributed by atoms with Crippen molar-refractivity contribution in [1.82, 2.24) is 19.6 Å². The average molecular weight is 338 g/mol. The standard InChI is InChI=1S/C18H34N4O2/c1-4-19(5-2)14-17(23)21-12-10-20(11-13-21)15-18(24)22-9-7-6-8-16(22)3/h16H,4-15H2,1-3H3. The lowest BCUT2D eigenvalue weighted by Gasteiger charge is -2.38. The van der Waals surface area contributed by atoms with Gasteiger partial charge in [0, 0.05) is 38.8 Å². The monoisotopic (exact) mass is 338 g/mol. The molecule has 0 aromatic heterocycles. The number of nitrogens with zero attached hydrogens (tertiary/aromatic N) is 4. The summed E-state index contributed by atoms with van der Waals surface area (Å²) in [5.74, 6) is 0.472. The summed E-state index contributed by atoms with van der Waals surface area (Å²) in [5.41, 5.74) is 0. The van der Waals surface area contributed by atoms with Crippen LogP contribution >= 0.6 is 0 Å². The molecule has 0 aromatic carbocycles. The van der Waals surface area contributed by atoms with Crippen LogP contribution in [0, 0.1) is 0 Å². The van der Waals surface area contributed by atoms with Gasteiger partial charge in [-0.25, -0.2) is 0 Å². The van der Waals surface area contributed by atoms with E-state index in [1.807, 2.05) is 9.80 Å². The van der Waals surface area contributed by atoms with Crippen molar-refractivity contribution in [3.05, 3.63) is 0 Å². The number of carbonyl (C=O) groups is 2. The predicted molar refractivity (Wildman–Crippen MR) is 95.8 cm³/mol. The Kier molecular flexibility index (Phi) is 7.49. The molecule has 0 spiro atoms. The molecule has 0 saturated carbocycles. The fourth-order valence-corrected chi connectivity index (χ4v) is 3.64. The molecule has 0 aromatic rings. The lowest BCUT2D eigenvalue weighted by molar-refractivity contribution is -0.137. The van der Waals surface area contributed by atoms with Gasteiger partial charge in [-0.3, -0.25) is 19.4 Å². The Bertz CT molecular complexity index is 417. The Morgan fingerprint density at radius 3 is 2.21 bits per heavy atom. The summed E-state index contributed by atoms with van der Waals surface area (Å²) >= 11 is 0. The number of rotatable bonds is 6. The summed E-state index contributed by atoms with van der Waals surface area (Å²) in [7, 11) is 0. The highest BCUT2D eigenvalue weighted by Crippen LogP contribution is 2.17. The van der Waals surface area contributed by atoms with Crippen LogP contribution in [0.5, 0.6) is 0 Å². The van der Waals surface area contributed by atoms with Gasteiger partial charge in [0.25, 0.3) is 0 Å². The van der Waals surface area contributed by atoms with Crippen LogP contribution < -0.4 is 0 Å². The van der Waals surface area contributed by atoms with Crippen LogP contribution in [0.15, 0.2) is 0 Å². The van der Waals surface area contributed by atoms with Crippen LogP contribution in [-0.2, 0) is 9.59 Å². The van der Waals surface area contributed by atoms with Crippen LogP contribution in [0.2, 0.25) is 0 Å². The molecule has 0 N–H and O–H groups in total. The van der Waals surface area contributed by atoms with Gasteiger partial charge in [-0.05, 0) is 39.3 Å². The van der Waals surface area contributed by atoms with Crippen LogP contribution in [0.4, 0.5) is 0 Å². The van der Waals surface area contributed by atoms with Gasteiger partial charge in [0.15, 0.2) is 0 Å². The van der Waals surface area contributed by atoms with E-state index in [4.69, 9.17) is 0 Å². The topological polar surface area (TPSA) is 47.1 Å². The molecule has 2 fully saturated rings. The molecule has 0 bridgehead atoms. The van der Waals surface area contributed by atoms with E-state index in [0.29, 0.717) is 19.1 Å². The minimum Gasteiger partial charge on any atom is -0.339 e. The predicted octanol–water partition coefficient (Wildman–Crippen LogP) is 0.873. The van der Waals surface area contributed by atoms with E-state index in [2.05, 4.69) is 30.6 Å². The lowest BCUT2D eigenvalue weighted by atomic mass is 10.0. The number of piperazine rings is 1. The van der Waals surface area contributed by atoms with E-state index in [-0.39, 0.29) is 11.8 Å². The number of piperidine rings is 1. The van der Waals surface area contributed by atoms with Crippen molar-refractivity contribution in [2.75, 3.05) is 58.9 Å². The fraction of sp³-hybridized carbons (Fsp3) is 0.889. The van der Waals surface area contributed by atoms with Gasteiger partial charge >= 0.3 is 0 Å². The largest absolute Gasteiger partial charge is 0.339 e. The van der Waals surface area contributed by atoms with E-state index < -0.39 is 0 Å². The smallest absolute Gasteiger partial charge is 0.236 e. The third kappa shape index (κ3) is 5.18. The number of carbonyl (C=O) groups excluding carboxylic acids is 2. The van der Waals surface area contributed by atoms with Crippen molar-refractivity contribution >= 4 is 11.8 Å². The third-order valence-electron chi connectivity index (χ3n) is 5.46. The first-order valence-corrected chi connectivity index (χ1v) is 9.57. The highest BCUT2D eigenvalue weighted by molar-refractivity contribution is 5.79. The molecule has 1 unspecified atom stereocenters. The van der Waals surface area contributed by atoms with Gasteiger partial charge in [0.1, 0.15) is 0 Å². The number of hydrogen-bond acceptors (Lipinski definition) is 4. The Hall–Kier alpha value is -1.14. The summed E-state index contributed by atoms with van der Waals surface area (Å²) in [6.07, 6.45) is 3.49. The van der Waals surface area contributed by atoms with Gasteiger partial charge in [0.05, 0.1) is 13.1 Å². The zero-order valence-electron chi connectivity index (χ0n) is 15.7. The molecular formula is C18H34N4O2. The number of likely N-dealkylation sites (N-methyl/N-ethyl adjacent to an activating group) is 1. The van der Waals surface area contributed by atoms with Gasteiger partial charge in [0.2, 0.25) is 11.8 Å². The molecule has 2 aliphatic heterocycles. The third-order valence-corrected chi connectivity index (χ3v) is 5.46. The highest BCUT2D eigenvalue weighted by atomic mass is 16.2. The average Bonchev–Trinajstić information content (AvgIpc) is 2.60. The van der Waals surface area contributed by atoms with Gasteiger partial charge in [-0.2, -0.15) is 0 Å². The first-order valence-electron chi connectivity index (χ1n) is 9.57. The zero-order valence-corrected chi connectivity index (χ0v) is 15.7. The van der Waals surface area contributed by atoms with Gasteiger partial charge < -0.3 is 9.80 Å². The normalized spacial score (nSPS) is 22.9. The molecule has 24 heavy (non-hydrogen) atoms. The minimum absolute atomic E-state index is 0.217. The first-order chi connectivity index (χ1) is 11.5. The minimum atomic E-state index is 0.217. The van der Waals surface area contributed by atoms with Crippen molar-refractivity contribution in [3.8, 4) is 0 Å². The van der Waals surface area contributed by atoms with E-state index in [0.717, 1.165) is 58.7 Å². The second-order valence-corrected chi connectivity index (χ2v) is 7.05. The fourth-order valence-electron chi connectivity index (χ4n) is 3.64. The molecule has 2 aliphatic rings. The Balaban J connectivity index is 1.74. The van der Waals surface area contributed by atoms with Crippen LogP contribution in [0.25, 0.3) is 0 Å². The van der Waals surface area contributed by atoms with Crippen LogP contribution in [0.1, 0.15) is 40.0 Å². The quantitative estimate of drug-likeness (QED) is 0.721. The lowest BCUT2D eigenvalue weighted by Crippen LogP contribution is -2.54. The van der Waals surface area contributed by atoms with Crippen molar-refractivity contribution in [2.24, 2.45) is 0 Å².